The average molecular weight is 195 g/mol. The summed E-state index contributed by atoms with van der Waals surface area (Å²) in [5.74, 6) is 0.0972. The fourth-order valence-electron chi connectivity index (χ4n) is 1.16. The number of nitrogens with one attached hydrogen (secondary N) is 1. The van der Waals surface area contributed by atoms with Gasteiger partial charge in [-0.15, -0.1) is 0 Å². The number of amides is 1. The molecule has 0 atom stereocenters. The van der Waals surface area contributed by atoms with Crippen molar-refractivity contribution in [1.29, 1.82) is 0 Å². The van der Waals surface area contributed by atoms with Gasteiger partial charge in [0.05, 0.1) is 5.69 Å². The zero-order chi connectivity index (χ0) is 10.4. The Balaban J connectivity index is 2.23. The summed E-state index contributed by atoms with van der Waals surface area (Å²) in [6.07, 6.45) is 3.37. The van der Waals surface area contributed by atoms with E-state index in [0.29, 0.717) is 13.0 Å². The molecule has 0 saturated heterocycles. The Hall–Kier alpha value is -1.32. The summed E-state index contributed by atoms with van der Waals surface area (Å²) in [5, 5.41) is 7.03. The van der Waals surface area contributed by atoms with E-state index in [4.69, 9.17) is 0 Å². The molecule has 0 saturated carbocycles. The number of hydrogen-bond acceptors (Lipinski definition) is 2. The fourth-order valence-corrected chi connectivity index (χ4v) is 1.16. The molecule has 0 radical (unpaired) electrons. The van der Waals surface area contributed by atoms with Crippen LogP contribution in [0.15, 0.2) is 12.3 Å². The monoisotopic (exact) mass is 195 g/mol. The molecule has 78 valence electrons. The molecule has 4 heteroatoms. The van der Waals surface area contributed by atoms with Gasteiger partial charge in [-0.2, -0.15) is 5.10 Å². The molecule has 1 aromatic heterocycles. The van der Waals surface area contributed by atoms with E-state index < -0.39 is 0 Å². The van der Waals surface area contributed by atoms with Gasteiger partial charge in [0, 0.05) is 25.7 Å². The number of aryl methyl sites for hydroxylation is 2. The van der Waals surface area contributed by atoms with Gasteiger partial charge in [0.15, 0.2) is 0 Å². The van der Waals surface area contributed by atoms with Crippen molar-refractivity contribution in [3.05, 3.63) is 18.0 Å². The van der Waals surface area contributed by atoms with Crippen LogP contribution in [0.4, 0.5) is 0 Å². The maximum Gasteiger partial charge on any atom is 0.221 e. The molecule has 1 amide bonds. The van der Waals surface area contributed by atoms with Crippen molar-refractivity contribution in [3.8, 4) is 0 Å². The Morgan fingerprint density at radius 2 is 2.43 bits per heavy atom. The first-order valence-electron chi connectivity index (χ1n) is 4.99. The first-order chi connectivity index (χ1) is 6.72. The van der Waals surface area contributed by atoms with E-state index in [1.54, 1.807) is 4.68 Å². The van der Waals surface area contributed by atoms with Crippen LogP contribution in [-0.2, 0) is 11.3 Å². The maximum absolute atomic E-state index is 11.2. The number of carbonyl (C=O) groups is 1. The van der Waals surface area contributed by atoms with Crippen LogP contribution in [0.1, 0.15) is 25.5 Å². The lowest BCUT2D eigenvalue weighted by atomic mass is 10.4. The van der Waals surface area contributed by atoms with Gasteiger partial charge >= 0.3 is 0 Å². The molecule has 1 aromatic rings. The maximum atomic E-state index is 11.2. The van der Waals surface area contributed by atoms with Crippen molar-refractivity contribution in [2.45, 2.75) is 33.2 Å². The van der Waals surface area contributed by atoms with Crippen LogP contribution in [0, 0.1) is 6.92 Å². The van der Waals surface area contributed by atoms with Crippen molar-refractivity contribution in [2.75, 3.05) is 6.54 Å². The Bertz CT molecular complexity index is 293. The van der Waals surface area contributed by atoms with E-state index in [9.17, 15) is 4.79 Å². The lowest BCUT2D eigenvalue weighted by molar-refractivity contribution is -0.121. The molecule has 0 bridgehead atoms. The molecule has 0 spiro atoms. The summed E-state index contributed by atoms with van der Waals surface area (Å²) in [7, 11) is 0. The van der Waals surface area contributed by atoms with Gasteiger partial charge < -0.3 is 5.32 Å². The van der Waals surface area contributed by atoms with Crippen LogP contribution in [0.3, 0.4) is 0 Å². The molecule has 0 fully saturated rings. The largest absolute Gasteiger partial charge is 0.356 e. The van der Waals surface area contributed by atoms with Crippen LogP contribution in [0.5, 0.6) is 0 Å². The number of rotatable bonds is 5. The highest BCUT2D eigenvalue weighted by atomic mass is 16.1. The van der Waals surface area contributed by atoms with Crippen LogP contribution >= 0.6 is 0 Å². The lowest BCUT2D eigenvalue weighted by Gasteiger charge is -2.03. The minimum Gasteiger partial charge on any atom is -0.356 e. The molecule has 14 heavy (non-hydrogen) atoms. The van der Waals surface area contributed by atoms with E-state index in [1.165, 1.54) is 0 Å². The second-order valence-corrected chi connectivity index (χ2v) is 3.32. The molecular formula is C10H17N3O. The van der Waals surface area contributed by atoms with E-state index >= 15 is 0 Å². The second kappa shape index (κ2) is 5.42. The standard InChI is InChI=1S/C10H17N3O/c1-3-6-11-10(14)5-8-13-7-4-9(2)12-13/h4,7H,3,5-6,8H2,1-2H3,(H,11,14). The third-order valence-electron chi connectivity index (χ3n) is 1.91. The fraction of sp³-hybridized carbons (Fsp3) is 0.600. The summed E-state index contributed by atoms with van der Waals surface area (Å²) < 4.78 is 1.79. The SMILES string of the molecule is CCCNC(=O)CCn1ccc(C)n1. The first-order valence-corrected chi connectivity index (χ1v) is 4.99. The summed E-state index contributed by atoms with van der Waals surface area (Å²) in [4.78, 5) is 11.2. The van der Waals surface area contributed by atoms with Gasteiger partial charge in [-0.25, -0.2) is 0 Å². The van der Waals surface area contributed by atoms with Crippen LogP contribution in [0.25, 0.3) is 0 Å². The number of hydrogen-bond donors (Lipinski definition) is 1. The van der Waals surface area contributed by atoms with E-state index in [-0.39, 0.29) is 5.91 Å². The van der Waals surface area contributed by atoms with Crippen molar-refractivity contribution < 1.29 is 4.79 Å². The van der Waals surface area contributed by atoms with Gasteiger partial charge in [-0.05, 0) is 19.4 Å². The molecule has 0 aliphatic carbocycles. The van der Waals surface area contributed by atoms with Crippen LogP contribution in [0.2, 0.25) is 0 Å². The number of aromatic nitrogens is 2. The number of carbonyl (C=O) groups excluding carboxylic acids is 1. The third kappa shape index (κ3) is 3.60. The highest BCUT2D eigenvalue weighted by molar-refractivity contribution is 5.75. The van der Waals surface area contributed by atoms with Crippen molar-refractivity contribution in [1.82, 2.24) is 15.1 Å². The minimum atomic E-state index is 0.0972. The van der Waals surface area contributed by atoms with Gasteiger partial charge in [0.2, 0.25) is 5.91 Å². The zero-order valence-electron chi connectivity index (χ0n) is 8.79. The van der Waals surface area contributed by atoms with Gasteiger partial charge in [-0.1, -0.05) is 6.92 Å². The average Bonchev–Trinajstić information content (AvgIpc) is 2.58. The van der Waals surface area contributed by atoms with Gasteiger partial charge in [0.1, 0.15) is 0 Å². The quantitative estimate of drug-likeness (QED) is 0.765. The van der Waals surface area contributed by atoms with Crippen LogP contribution in [-0.4, -0.2) is 22.2 Å². The van der Waals surface area contributed by atoms with E-state index in [0.717, 1.165) is 18.7 Å². The summed E-state index contributed by atoms with van der Waals surface area (Å²) in [5.41, 5.74) is 0.985. The molecule has 1 rings (SSSR count). The van der Waals surface area contributed by atoms with Gasteiger partial charge in [-0.3, -0.25) is 9.48 Å². The third-order valence-corrected chi connectivity index (χ3v) is 1.91. The minimum absolute atomic E-state index is 0.0972. The zero-order valence-corrected chi connectivity index (χ0v) is 8.79. The first kappa shape index (κ1) is 10.8. The highest BCUT2D eigenvalue weighted by Crippen LogP contribution is 1.94. The van der Waals surface area contributed by atoms with E-state index in [1.807, 2.05) is 26.1 Å². The molecular weight excluding hydrogens is 178 g/mol. The van der Waals surface area contributed by atoms with Crippen molar-refractivity contribution in [3.63, 3.8) is 0 Å². The normalized spacial score (nSPS) is 10.1. The second-order valence-electron chi connectivity index (χ2n) is 3.32. The van der Waals surface area contributed by atoms with Crippen molar-refractivity contribution in [2.24, 2.45) is 0 Å². The summed E-state index contributed by atoms with van der Waals surface area (Å²) in [6, 6.07) is 1.93. The predicted octanol–water partition coefficient (Wildman–Crippen LogP) is 1.11. The Morgan fingerprint density at radius 1 is 1.64 bits per heavy atom. The summed E-state index contributed by atoms with van der Waals surface area (Å²) in [6.45, 7) is 5.39. The van der Waals surface area contributed by atoms with Gasteiger partial charge in [0.25, 0.3) is 0 Å². The van der Waals surface area contributed by atoms with Crippen LogP contribution < -0.4 is 5.32 Å². The van der Waals surface area contributed by atoms with Crippen molar-refractivity contribution >= 4 is 5.91 Å². The Labute approximate surface area is 84.3 Å². The molecule has 0 aliphatic rings. The number of nitrogens with zero attached hydrogens (tertiary/aromatic N) is 2. The lowest BCUT2D eigenvalue weighted by Crippen LogP contribution is -2.25. The topological polar surface area (TPSA) is 46.9 Å². The molecule has 1 heterocycles. The molecule has 1 N–H and O–H groups in total. The Morgan fingerprint density at radius 3 is 3.00 bits per heavy atom. The summed E-state index contributed by atoms with van der Waals surface area (Å²) >= 11 is 0. The molecule has 0 aromatic carbocycles. The molecule has 0 unspecified atom stereocenters. The predicted molar refractivity (Wildman–Crippen MR) is 54.9 cm³/mol. The highest BCUT2D eigenvalue weighted by Gasteiger charge is 2.00. The van der Waals surface area contributed by atoms with E-state index in [2.05, 4.69) is 10.4 Å². The molecule has 0 aliphatic heterocycles. The smallest absolute Gasteiger partial charge is 0.221 e. The molecule has 4 nitrogen and oxygen atoms in total. The Kier molecular flexibility index (Phi) is 4.16.